The number of rotatable bonds is 5. The number of carboxylic acid groups (broad SMARTS) is 1. The molecule has 126 valence electrons. The minimum atomic E-state index is -0.987. The predicted octanol–water partition coefficient (Wildman–Crippen LogP) is 1.49. The second-order valence-electron chi connectivity index (χ2n) is 5.51. The Balaban J connectivity index is 1.71. The zero-order valence-corrected chi connectivity index (χ0v) is 13.3. The molecule has 0 aliphatic carbocycles. The molecule has 0 saturated carbocycles. The normalized spacial score (nSPS) is 12.2. The number of nitrogens with zero attached hydrogens (tertiary/aromatic N) is 2. The lowest BCUT2D eigenvalue weighted by atomic mass is 10.1. The third-order valence-electron chi connectivity index (χ3n) is 3.73. The van der Waals surface area contributed by atoms with E-state index in [-0.39, 0.29) is 25.7 Å². The third kappa shape index (κ3) is 3.17. The van der Waals surface area contributed by atoms with Crippen LogP contribution in [-0.2, 0) is 22.6 Å². The molecule has 8 heteroatoms. The van der Waals surface area contributed by atoms with Crippen molar-refractivity contribution in [3.8, 4) is 11.5 Å². The van der Waals surface area contributed by atoms with Gasteiger partial charge in [0.1, 0.15) is 6.54 Å². The van der Waals surface area contributed by atoms with Crippen LogP contribution in [0, 0.1) is 13.8 Å². The van der Waals surface area contributed by atoms with Gasteiger partial charge in [0.25, 0.3) is 0 Å². The van der Waals surface area contributed by atoms with E-state index in [0.717, 1.165) is 5.56 Å². The van der Waals surface area contributed by atoms with E-state index in [4.69, 9.17) is 14.6 Å². The molecule has 0 atom stereocenters. The van der Waals surface area contributed by atoms with Crippen molar-refractivity contribution in [2.45, 2.75) is 26.8 Å². The number of anilines is 1. The van der Waals surface area contributed by atoms with Crippen molar-refractivity contribution in [1.82, 2.24) is 9.78 Å². The average molecular weight is 331 g/mol. The molecule has 2 heterocycles. The van der Waals surface area contributed by atoms with Gasteiger partial charge >= 0.3 is 5.97 Å². The molecule has 1 amide bonds. The van der Waals surface area contributed by atoms with E-state index in [1.165, 1.54) is 4.68 Å². The second kappa shape index (κ2) is 6.23. The van der Waals surface area contributed by atoms with Crippen LogP contribution >= 0.6 is 0 Å². The first kappa shape index (κ1) is 15.9. The highest BCUT2D eigenvalue weighted by atomic mass is 16.7. The molecule has 0 bridgehead atoms. The van der Waals surface area contributed by atoms with Crippen LogP contribution in [0.25, 0.3) is 0 Å². The topological polar surface area (TPSA) is 103 Å². The molecule has 2 aromatic rings. The van der Waals surface area contributed by atoms with Crippen LogP contribution in [0.4, 0.5) is 5.69 Å². The van der Waals surface area contributed by atoms with E-state index in [1.54, 1.807) is 32.0 Å². The van der Waals surface area contributed by atoms with Gasteiger partial charge in [-0.1, -0.05) is 6.07 Å². The molecule has 1 aliphatic heterocycles. The van der Waals surface area contributed by atoms with E-state index >= 15 is 0 Å². The number of ether oxygens (including phenoxy) is 2. The van der Waals surface area contributed by atoms with Crippen LogP contribution in [-0.4, -0.2) is 33.6 Å². The van der Waals surface area contributed by atoms with Gasteiger partial charge in [-0.3, -0.25) is 14.3 Å². The number of hydrogen-bond acceptors (Lipinski definition) is 5. The minimum absolute atomic E-state index is 0.166. The number of hydrogen-bond donors (Lipinski definition) is 2. The number of nitrogens with one attached hydrogen (secondary N) is 1. The number of aromatic nitrogens is 2. The quantitative estimate of drug-likeness (QED) is 0.860. The van der Waals surface area contributed by atoms with E-state index in [9.17, 15) is 9.59 Å². The number of carbonyl (C=O) groups is 2. The van der Waals surface area contributed by atoms with Crippen molar-refractivity contribution in [3.63, 3.8) is 0 Å². The summed E-state index contributed by atoms with van der Waals surface area (Å²) in [5.41, 5.74) is 2.52. The Bertz CT molecular complexity index is 812. The smallest absolute Gasteiger partial charge is 0.325 e. The summed E-state index contributed by atoms with van der Waals surface area (Å²) in [6.07, 6.45) is 0.166. The van der Waals surface area contributed by atoms with Crippen molar-refractivity contribution in [2.75, 3.05) is 12.1 Å². The summed E-state index contributed by atoms with van der Waals surface area (Å²) in [6.45, 7) is 3.39. The van der Waals surface area contributed by atoms with E-state index in [0.29, 0.717) is 28.6 Å². The van der Waals surface area contributed by atoms with Crippen molar-refractivity contribution in [1.29, 1.82) is 0 Å². The van der Waals surface area contributed by atoms with Gasteiger partial charge in [0.15, 0.2) is 11.5 Å². The monoisotopic (exact) mass is 331 g/mol. The molecule has 0 saturated heterocycles. The number of fused-ring (bicyclic) bond motifs is 1. The fraction of sp³-hybridized carbons (Fsp3) is 0.312. The number of amides is 1. The van der Waals surface area contributed by atoms with Crippen LogP contribution in [0.15, 0.2) is 18.2 Å². The molecule has 1 aliphatic rings. The number of carboxylic acids is 1. The number of aliphatic carboxylic acids is 1. The van der Waals surface area contributed by atoms with Crippen molar-refractivity contribution in [3.05, 3.63) is 35.2 Å². The van der Waals surface area contributed by atoms with E-state index < -0.39 is 5.97 Å². The Hall–Kier alpha value is -3.03. The summed E-state index contributed by atoms with van der Waals surface area (Å²) in [7, 11) is 0. The van der Waals surface area contributed by atoms with Crippen LogP contribution in [0.5, 0.6) is 11.5 Å². The minimum Gasteiger partial charge on any atom is -0.480 e. The highest BCUT2D eigenvalue weighted by molar-refractivity contribution is 5.93. The summed E-state index contributed by atoms with van der Waals surface area (Å²) in [4.78, 5) is 23.1. The maximum Gasteiger partial charge on any atom is 0.325 e. The van der Waals surface area contributed by atoms with Crippen LogP contribution in [0.3, 0.4) is 0 Å². The first-order valence-corrected chi connectivity index (χ1v) is 7.38. The Morgan fingerprint density at radius 1 is 1.29 bits per heavy atom. The molecule has 3 rings (SSSR count). The Morgan fingerprint density at radius 2 is 2.04 bits per heavy atom. The Morgan fingerprint density at radius 3 is 2.79 bits per heavy atom. The van der Waals surface area contributed by atoms with E-state index in [1.807, 2.05) is 0 Å². The standard InChI is InChI=1S/C16H17N3O5/c1-9-16(10(2)19(18-9)7-15(21)22)17-14(20)6-11-3-4-12-13(5-11)24-8-23-12/h3-5H,6-8H2,1-2H3,(H,17,20)(H,21,22). The summed E-state index contributed by atoms with van der Waals surface area (Å²) in [5, 5.41) is 15.8. The summed E-state index contributed by atoms with van der Waals surface area (Å²) >= 11 is 0. The fourth-order valence-corrected chi connectivity index (χ4v) is 2.58. The molecule has 0 spiro atoms. The Labute approximate surface area is 138 Å². The first-order chi connectivity index (χ1) is 11.4. The molecule has 0 radical (unpaired) electrons. The zero-order chi connectivity index (χ0) is 17.3. The number of aryl methyl sites for hydroxylation is 1. The molecule has 24 heavy (non-hydrogen) atoms. The van der Waals surface area contributed by atoms with Gasteiger partial charge in [0, 0.05) is 0 Å². The van der Waals surface area contributed by atoms with E-state index in [2.05, 4.69) is 10.4 Å². The summed E-state index contributed by atoms with van der Waals surface area (Å²) in [5.74, 6) is 0.0940. The van der Waals surface area contributed by atoms with Crippen molar-refractivity contribution >= 4 is 17.6 Å². The molecule has 2 N–H and O–H groups in total. The first-order valence-electron chi connectivity index (χ1n) is 7.38. The lowest BCUT2D eigenvalue weighted by molar-refractivity contribution is -0.137. The van der Waals surface area contributed by atoms with Gasteiger partial charge in [-0.15, -0.1) is 0 Å². The maximum atomic E-state index is 12.3. The molecule has 0 fully saturated rings. The molecule has 1 aromatic carbocycles. The van der Waals surface area contributed by atoms with Gasteiger partial charge < -0.3 is 19.9 Å². The van der Waals surface area contributed by atoms with Gasteiger partial charge in [-0.2, -0.15) is 5.10 Å². The Kier molecular flexibility index (Phi) is 4.11. The van der Waals surface area contributed by atoms with Gasteiger partial charge in [0.05, 0.1) is 23.5 Å². The van der Waals surface area contributed by atoms with Crippen LogP contribution < -0.4 is 14.8 Å². The summed E-state index contributed by atoms with van der Waals surface area (Å²) in [6, 6.07) is 5.35. The van der Waals surface area contributed by atoms with Gasteiger partial charge in [-0.25, -0.2) is 0 Å². The molecule has 8 nitrogen and oxygen atoms in total. The van der Waals surface area contributed by atoms with Crippen LogP contribution in [0.2, 0.25) is 0 Å². The largest absolute Gasteiger partial charge is 0.480 e. The predicted molar refractivity (Wildman–Crippen MR) is 84.2 cm³/mol. The van der Waals surface area contributed by atoms with Gasteiger partial charge in [-0.05, 0) is 31.5 Å². The summed E-state index contributed by atoms with van der Waals surface area (Å²) < 4.78 is 11.9. The van der Waals surface area contributed by atoms with Crippen LogP contribution in [0.1, 0.15) is 17.0 Å². The van der Waals surface area contributed by atoms with Crippen molar-refractivity contribution < 1.29 is 24.2 Å². The maximum absolute atomic E-state index is 12.3. The lowest BCUT2D eigenvalue weighted by Gasteiger charge is -2.07. The average Bonchev–Trinajstić information content (AvgIpc) is 3.07. The van der Waals surface area contributed by atoms with Gasteiger partial charge in [0.2, 0.25) is 12.7 Å². The lowest BCUT2D eigenvalue weighted by Crippen LogP contribution is -2.16. The fourth-order valence-electron chi connectivity index (χ4n) is 2.58. The molecule has 1 aromatic heterocycles. The molecule has 0 unspecified atom stereocenters. The van der Waals surface area contributed by atoms with Crippen molar-refractivity contribution in [2.24, 2.45) is 0 Å². The number of carbonyl (C=O) groups excluding carboxylic acids is 1. The molecular weight excluding hydrogens is 314 g/mol. The number of benzene rings is 1. The third-order valence-corrected chi connectivity index (χ3v) is 3.73. The zero-order valence-electron chi connectivity index (χ0n) is 13.3. The SMILES string of the molecule is Cc1nn(CC(=O)O)c(C)c1NC(=O)Cc1ccc2c(c1)OCO2. The highest BCUT2D eigenvalue weighted by Crippen LogP contribution is 2.32. The highest BCUT2D eigenvalue weighted by Gasteiger charge is 2.17. The second-order valence-corrected chi connectivity index (χ2v) is 5.51. The molecular formula is C16H17N3O5.